The minimum absolute atomic E-state index is 0.475. The quantitative estimate of drug-likeness (QED) is 0.523. The van der Waals surface area contributed by atoms with Gasteiger partial charge in [0.1, 0.15) is 0 Å². The van der Waals surface area contributed by atoms with Crippen LogP contribution in [0.5, 0.6) is 11.8 Å². The van der Waals surface area contributed by atoms with Crippen LogP contribution in [0.1, 0.15) is 17.0 Å². The van der Waals surface area contributed by atoms with Gasteiger partial charge in [-0.15, -0.1) is 11.3 Å². The molecule has 0 amide bonds. The second-order valence-electron chi connectivity index (χ2n) is 6.35. The van der Waals surface area contributed by atoms with Crippen molar-refractivity contribution in [3.63, 3.8) is 0 Å². The van der Waals surface area contributed by atoms with Gasteiger partial charge in [-0.25, -0.2) is 9.97 Å². The third-order valence-corrected chi connectivity index (χ3v) is 5.53. The first-order chi connectivity index (χ1) is 13.7. The van der Waals surface area contributed by atoms with Crippen LogP contribution in [0.15, 0.2) is 48.1 Å². The molecule has 3 aromatic heterocycles. The molecule has 1 aliphatic carbocycles. The summed E-state index contributed by atoms with van der Waals surface area (Å²) >= 11 is 1.64. The molecular weight excluding hydrogens is 372 g/mol. The lowest BCUT2D eigenvalue weighted by Gasteiger charge is -2.10. The number of nitrogens with zero attached hydrogens (tertiary/aromatic N) is 4. The number of hydrogen-bond donors (Lipinski definition) is 0. The number of fused-ring (bicyclic) bond motifs is 2. The van der Waals surface area contributed by atoms with E-state index in [-0.39, 0.29) is 0 Å². The van der Waals surface area contributed by atoms with Crippen molar-refractivity contribution in [1.82, 2.24) is 19.9 Å². The monoisotopic (exact) mass is 388 g/mol. The number of thiazole rings is 1. The number of hydrogen-bond acceptors (Lipinski definition) is 7. The predicted molar refractivity (Wildman–Crippen MR) is 109 cm³/mol. The van der Waals surface area contributed by atoms with Crippen molar-refractivity contribution in [3.05, 3.63) is 65.1 Å². The molecule has 138 valence electrons. The van der Waals surface area contributed by atoms with Gasteiger partial charge in [-0.3, -0.25) is 4.98 Å². The van der Waals surface area contributed by atoms with Crippen LogP contribution in [0.2, 0.25) is 0 Å². The zero-order valence-corrected chi connectivity index (χ0v) is 16.2. The number of allylic oxidation sites excluding steroid dienone is 1. The fraction of sp³-hybridized carbons (Fsp3) is 0.143. The molecule has 0 saturated heterocycles. The van der Waals surface area contributed by atoms with E-state index in [0.29, 0.717) is 11.8 Å². The van der Waals surface area contributed by atoms with Gasteiger partial charge in [-0.1, -0.05) is 12.1 Å². The molecule has 0 unspecified atom stereocenters. The maximum absolute atomic E-state index is 5.28. The Morgan fingerprint density at radius 3 is 2.54 bits per heavy atom. The maximum atomic E-state index is 5.28. The second kappa shape index (κ2) is 6.69. The van der Waals surface area contributed by atoms with E-state index < -0.39 is 0 Å². The fourth-order valence-electron chi connectivity index (χ4n) is 3.33. The summed E-state index contributed by atoms with van der Waals surface area (Å²) in [5.41, 5.74) is 8.62. The van der Waals surface area contributed by atoms with E-state index in [1.54, 1.807) is 31.8 Å². The Balaban J connectivity index is 1.59. The third kappa shape index (κ3) is 2.80. The molecule has 0 radical (unpaired) electrons. The summed E-state index contributed by atoms with van der Waals surface area (Å²) in [6.45, 7) is 0. The molecule has 1 aliphatic rings. The highest BCUT2D eigenvalue weighted by atomic mass is 32.1. The standard InChI is InChI=1S/C21H16N4O2S/c1-26-19-8-13(9-20(25-19)27-2)17-10-22-16-6-4-14(21(16)24-17)12-3-5-15-18(7-12)28-11-23-15/h3-5,7-11H,6H2,1-2H3. The molecule has 1 aromatic carbocycles. The summed E-state index contributed by atoms with van der Waals surface area (Å²) in [6, 6.07) is 9.98. The largest absolute Gasteiger partial charge is 0.481 e. The van der Waals surface area contributed by atoms with Gasteiger partial charge in [0.05, 0.1) is 53.2 Å². The number of ether oxygens (including phenoxy) is 2. The molecule has 0 atom stereocenters. The summed E-state index contributed by atoms with van der Waals surface area (Å²) in [5.74, 6) is 0.950. The van der Waals surface area contributed by atoms with E-state index in [2.05, 4.69) is 39.2 Å². The first-order valence-corrected chi connectivity index (χ1v) is 9.63. The minimum Gasteiger partial charge on any atom is -0.481 e. The molecular formula is C21H16N4O2S. The molecule has 0 saturated carbocycles. The molecule has 0 fully saturated rings. The molecule has 3 heterocycles. The smallest absolute Gasteiger partial charge is 0.216 e. The molecule has 5 rings (SSSR count). The minimum atomic E-state index is 0.475. The summed E-state index contributed by atoms with van der Waals surface area (Å²) in [7, 11) is 3.16. The number of aromatic nitrogens is 4. The Bertz CT molecular complexity index is 1210. The van der Waals surface area contributed by atoms with Crippen molar-refractivity contribution in [1.29, 1.82) is 0 Å². The zero-order valence-electron chi connectivity index (χ0n) is 15.3. The predicted octanol–water partition coefficient (Wildman–Crippen LogP) is 4.15. The van der Waals surface area contributed by atoms with Gasteiger partial charge in [0.15, 0.2) is 0 Å². The summed E-state index contributed by atoms with van der Waals surface area (Å²) in [6.07, 6.45) is 4.75. The fourth-order valence-corrected chi connectivity index (χ4v) is 4.05. The SMILES string of the molecule is COc1cc(-c2cnc3c(n2)C(c2ccc4ncsc4c2)=CC3)cc(OC)n1. The molecule has 7 heteroatoms. The average Bonchev–Trinajstić information content (AvgIpc) is 3.38. The normalized spacial score (nSPS) is 12.7. The lowest BCUT2D eigenvalue weighted by atomic mass is 10.0. The van der Waals surface area contributed by atoms with Crippen LogP contribution in [-0.4, -0.2) is 34.2 Å². The summed E-state index contributed by atoms with van der Waals surface area (Å²) < 4.78 is 11.7. The first kappa shape index (κ1) is 16.8. The van der Waals surface area contributed by atoms with Crippen molar-refractivity contribution in [2.24, 2.45) is 0 Å². The van der Waals surface area contributed by atoms with Gasteiger partial charge < -0.3 is 9.47 Å². The molecule has 28 heavy (non-hydrogen) atoms. The van der Waals surface area contributed by atoms with E-state index in [1.807, 2.05) is 17.6 Å². The molecule has 0 N–H and O–H groups in total. The number of pyridine rings is 1. The van der Waals surface area contributed by atoms with E-state index in [9.17, 15) is 0 Å². The third-order valence-electron chi connectivity index (χ3n) is 4.74. The van der Waals surface area contributed by atoms with Crippen LogP contribution in [0.4, 0.5) is 0 Å². The van der Waals surface area contributed by atoms with Crippen LogP contribution in [-0.2, 0) is 6.42 Å². The van der Waals surface area contributed by atoms with Crippen molar-refractivity contribution in [2.45, 2.75) is 6.42 Å². The lowest BCUT2D eigenvalue weighted by Crippen LogP contribution is -1.99. The van der Waals surface area contributed by atoms with Crippen molar-refractivity contribution < 1.29 is 9.47 Å². The van der Waals surface area contributed by atoms with Gasteiger partial charge in [0.25, 0.3) is 0 Å². The Morgan fingerprint density at radius 1 is 0.929 bits per heavy atom. The topological polar surface area (TPSA) is 70.0 Å². The Morgan fingerprint density at radius 2 is 1.75 bits per heavy atom. The highest BCUT2D eigenvalue weighted by molar-refractivity contribution is 7.16. The Labute approximate surface area is 165 Å². The highest BCUT2D eigenvalue weighted by Crippen LogP contribution is 2.34. The lowest BCUT2D eigenvalue weighted by molar-refractivity contribution is 0.365. The maximum Gasteiger partial charge on any atom is 0.216 e. The van der Waals surface area contributed by atoms with Crippen LogP contribution >= 0.6 is 11.3 Å². The Kier molecular flexibility index (Phi) is 4.02. The van der Waals surface area contributed by atoms with Gasteiger partial charge >= 0.3 is 0 Å². The van der Waals surface area contributed by atoms with Crippen molar-refractivity contribution >= 4 is 27.1 Å². The van der Waals surface area contributed by atoms with E-state index >= 15 is 0 Å². The van der Waals surface area contributed by atoms with E-state index in [1.165, 1.54) is 4.70 Å². The average molecular weight is 388 g/mol. The number of benzene rings is 1. The molecule has 4 aromatic rings. The van der Waals surface area contributed by atoms with Crippen LogP contribution in [0.25, 0.3) is 27.0 Å². The molecule has 0 bridgehead atoms. The van der Waals surface area contributed by atoms with Gasteiger partial charge in [-0.05, 0) is 17.7 Å². The first-order valence-electron chi connectivity index (χ1n) is 8.75. The molecule has 6 nitrogen and oxygen atoms in total. The van der Waals surface area contributed by atoms with E-state index in [4.69, 9.17) is 14.5 Å². The van der Waals surface area contributed by atoms with Gasteiger partial charge in [0, 0.05) is 29.7 Å². The Hall–Kier alpha value is -3.32. The van der Waals surface area contributed by atoms with Gasteiger partial charge in [0.2, 0.25) is 11.8 Å². The highest BCUT2D eigenvalue weighted by Gasteiger charge is 2.20. The second-order valence-corrected chi connectivity index (χ2v) is 7.23. The van der Waals surface area contributed by atoms with Crippen molar-refractivity contribution in [3.8, 4) is 23.0 Å². The van der Waals surface area contributed by atoms with E-state index in [0.717, 1.165) is 45.7 Å². The van der Waals surface area contributed by atoms with Crippen molar-refractivity contribution in [2.75, 3.05) is 14.2 Å². The van der Waals surface area contributed by atoms with Crippen LogP contribution < -0.4 is 9.47 Å². The van der Waals surface area contributed by atoms with Crippen LogP contribution in [0.3, 0.4) is 0 Å². The summed E-state index contributed by atoms with van der Waals surface area (Å²) in [4.78, 5) is 18.2. The van der Waals surface area contributed by atoms with Crippen LogP contribution in [0, 0.1) is 0 Å². The number of methoxy groups -OCH3 is 2. The van der Waals surface area contributed by atoms with Gasteiger partial charge in [-0.2, -0.15) is 4.98 Å². The zero-order chi connectivity index (χ0) is 19.1. The summed E-state index contributed by atoms with van der Waals surface area (Å²) in [5, 5.41) is 0. The number of rotatable bonds is 4. The molecule has 0 aliphatic heterocycles. The molecule has 0 spiro atoms.